The van der Waals surface area contributed by atoms with E-state index in [0.29, 0.717) is 91.7 Å². The number of carbonyl (C=O) groups excluding carboxylic acids is 6. The van der Waals surface area contributed by atoms with E-state index in [4.69, 9.17) is 110 Å². The van der Waals surface area contributed by atoms with E-state index in [1.165, 1.54) is 31.9 Å². The van der Waals surface area contributed by atoms with Crippen molar-refractivity contribution in [2.24, 2.45) is 10.9 Å². The van der Waals surface area contributed by atoms with Crippen LogP contribution in [0.2, 0.25) is 45.2 Å². The molecule has 6 unspecified atom stereocenters. The van der Waals surface area contributed by atoms with E-state index >= 15 is 0 Å². The number of hydrogen-bond donors (Lipinski definition) is 4. The molecular weight excluding hydrogens is 2020 g/mol. The first-order valence-corrected chi connectivity index (χ1v) is 50.1. The highest BCUT2D eigenvalue weighted by Gasteiger charge is 2.60. The van der Waals surface area contributed by atoms with Gasteiger partial charge in [-0.3, -0.25) is 39.0 Å². The lowest BCUT2D eigenvalue weighted by Gasteiger charge is -2.36. The summed E-state index contributed by atoms with van der Waals surface area (Å²) < 4.78 is 0. The zero-order valence-corrected chi connectivity index (χ0v) is 87.6. The number of nitrogen functional groups attached to an aromatic ring is 1. The Kier molecular flexibility index (Phi) is 39.6. The first-order valence-electron chi connectivity index (χ1n) is 45.8. The number of alkyl halides is 1. The minimum absolute atomic E-state index is 0.0247. The maximum Gasteiger partial charge on any atom is 0.332 e. The molecule has 3 saturated heterocycles. The Hall–Kier alpha value is -11.6. The van der Waals surface area contributed by atoms with Crippen molar-refractivity contribution in [3.63, 3.8) is 0 Å². The number of ketones is 2. The lowest BCUT2D eigenvalue weighted by atomic mass is 9.92. The molecule has 8 atom stereocenters. The molecule has 14 aromatic carbocycles. The molecule has 6 amide bonds. The molecule has 728 valence electrons. The number of aliphatic hydroxyl groups is 3. The lowest BCUT2D eigenvalue weighted by Crippen LogP contribution is -2.48. The minimum atomic E-state index is -1.57. The van der Waals surface area contributed by atoms with Crippen LogP contribution in [0.5, 0.6) is 0 Å². The molecule has 0 radical (unpaired) electrons. The third-order valence-electron chi connectivity index (χ3n) is 24.3. The van der Waals surface area contributed by atoms with Gasteiger partial charge in [0.2, 0.25) is 6.08 Å². The Balaban J connectivity index is 0.000000164. The van der Waals surface area contributed by atoms with Crippen LogP contribution in [0, 0.1) is 5.92 Å². The summed E-state index contributed by atoms with van der Waals surface area (Å²) in [7, 11) is 0. The van der Waals surface area contributed by atoms with E-state index in [1.54, 1.807) is 209 Å². The van der Waals surface area contributed by atoms with Gasteiger partial charge in [0.05, 0.1) is 28.6 Å². The first kappa shape index (κ1) is 110. The van der Waals surface area contributed by atoms with Gasteiger partial charge in [-0.2, -0.15) is 4.99 Å². The number of carbonyl (C=O) groups is 5. The maximum absolute atomic E-state index is 13.7. The number of hydrogen-bond acceptors (Lipinski definition) is 11. The van der Waals surface area contributed by atoms with Gasteiger partial charge in [-0.05, 0) is 318 Å². The van der Waals surface area contributed by atoms with Crippen LogP contribution in [0.25, 0.3) is 0 Å². The zero-order valence-electron chi connectivity index (χ0n) is 79.2. The van der Waals surface area contributed by atoms with E-state index in [0.717, 1.165) is 87.6 Å². The monoisotopic (exact) mass is 2130 g/mol. The summed E-state index contributed by atoms with van der Waals surface area (Å²) in [6.07, 6.45) is 6.58. The van der Waals surface area contributed by atoms with Crippen LogP contribution in [-0.2, 0) is 60.5 Å². The number of isocyanates is 1. The number of anilines is 7. The number of urea groups is 3. The molecule has 5 N–H and O–H groups in total. The molecule has 141 heavy (non-hydrogen) atoms. The largest absolute Gasteiger partial charge is 0.399 e. The molecule has 0 aromatic heterocycles. The SMILES string of the molecule is CCc1cccc(C(=O)C(C)Br)c1.CCc1cccc(C(=O)C(C)Cc2ccc(Cl)cc2)c1.CCc1cccc(C2(O)C(C)N(c3ccc(Cl)cc3)C(=O)N2c2ccc(Cl)cc2)c1.CCc1cccc(C2(O)[C@@H](C)N(c3ccc(Cl)cc3)C(=O)N2c2ccc(Cl)cc2)c1.CCc1cccc(C2(O)[C@H](C)N(c3ccc(Cl)cc3)C(=O)N2c2ccc(Cl)cc2)c1.Nc1ccc(Cl)cc1.O=C=Nc1ccc(Cl)cc1. The number of amides is 6. The Morgan fingerprint density at radius 3 is 0.830 bits per heavy atom. The molecule has 0 aliphatic carbocycles. The average Bonchev–Trinajstić information content (AvgIpc) is 1.57. The Morgan fingerprint density at radius 2 is 0.574 bits per heavy atom. The topological polar surface area (TPSA) is 221 Å². The quantitative estimate of drug-likeness (QED) is 0.0175. The standard InChI is InChI=1S/3C24H22Cl2N2O2.C18H19ClO.C11H13BrO.C7H4ClNO.C6H6ClN/c3*1-3-17-5-4-6-18(15-17)24(30)16(2)27(21-11-7-19(25)8-12-21)23(29)28(24)22-13-9-20(26)10-14-22;1-3-14-5-4-6-16(12-14)18(20)13(2)11-15-7-9-17(19)10-8-15;1-3-9-5-4-6-10(7-9)11(13)8(2)12;8-6-1-3-7(4-2-6)9-5-10;7-5-1-3-6(8)4-2-5/h3*4-16,30H,3H2,1-2H3;4-10,12-13H,3,11H2,1-2H3;4-8H,3H2,1-2H3;1-4H;1-4H,8H2/t2*16-,24?;;;;;/m10...../s1. The third kappa shape index (κ3) is 27.0. The van der Waals surface area contributed by atoms with E-state index in [9.17, 15) is 44.1 Å². The van der Waals surface area contributed by atoms with Gasteiger partial charge in [0.15, 0.2) is 28.7 Å². The van der Waals surface area contributed by atoms with E-state index in [2.05, 4.69) is 61.6 Å². The molecule has 3 heterocycles. The molecule has 3 aliphatic heterocycles. The van der Waals surface area contributed by atoms with E-state index in [1.807, 2.05) is 174 Å². The van der Waals surface area contributed by atoms with Gasteiger partial charge in [-0.25, -0.2) is 19.2 Å². The van der Waals surface area contributed by atoms with Crippen molar-refractivity contribution in [2.75, 3.05) is 35.1 Å². The second kappa shape index (κ2) is 50.9. The molecular formula is C114H108BrCl9N8O9. The molecule has 27 heteroatoms. The van der Waals surface area contributed by atoms with Crippen molar-refractivity contribution >= 4 is 202 Å². The van der Waals surface area contributed by atoms with Gasteiger partial charge in [0.1, 0.15) is 0 Å². The fraction of sp³-hybridized carbons (Fsp3) is 0.211. The number of aliphatic imine (C=N–C) groups is 1. The predicted octanol–water partition coefficient (Wildman–Crippen LogP) is 31.1. The summed E-state index contributed by atoms with van der Waals surface area (Å²) in [5.41, 5.74) is 16.1. The second-order valence-corrected chi connectivity index (χ2v) is 38.9. The highest BCUT2D eigenvalue weighted by molar-refractivity contribution is 9.10. The van der Waals surface area contributed by atoms with Gasteiger partial charge < -0.3 is 21.1 Å². The van der Waals surface area contributed by atoms with Crippen molar-refractivity contribution in [2.45, 2.75) is 148 Å². The molecule has 17 nitrogen and oxygen atoms in total. The van der Waals surface area contributed by atoms with Crippen LogP contribution in [0.1, 0.15) is 140 Å². The minimum Gasteiger partial charge on any atom is -0.399 e. The van der Waals surface area contributed by atoms with Crippen molar-refractivity contribution < 1.29 is 44.1 Å². The number of Topliss-reactive ketones (excluding diaryl/α,β-unsaturated/α-hetero) is 2. The number of nitrogens with zero attached hydrogens (tertiary/aromatic N) is 7. The highest BCUT2D eigenvalue weighted by atomic mass is 79.9. The summed E-state index contributed by atoms with van der Waals surface area (Å²) in [6.45, 7) is 19.7. The van der Waals surface area contributed by atoms with Crippen molar-refractivity contribution in [3.8, 4) is 0 Å². The Morgan fingerprint density at radius 1 is 0.340 bits per heavy atom. The molecule has 0 bridgehead atoms. The van der Waals surface area contributed by atoms with E-state index in [-0.39, 0.29) is 40.4 Å². The molecule has 17 rings (SSSR count). The molecule has 3 fully saturated rings. The number of aryl methyl sites for hydroxylation is 5. The van der Waals surface area contributed by atoms with Crippen LogP contribution < -0.4 is 35.1 Å². The highest BCUT2D eigenvalue weighted by Crippen LogP contribution is 2.49. The van der Waals surface area contributed by atoms with E-state index < -0.39 is 35.3 Å². The zero-order chi connectivity index (χ0) is 102. The van der Waals surface area contributed by atoms with Crippen LogP contribution >= 0.6 is 120 Å². The van der Waals surface area contributed by atoms with Gasteiger partial charge in [0, 0.05) is 119 Å². The summed E-state index contributed by atoms with van der Waals surface area (Å²) in [5, 5.41) is 41.8. The average molecular weight is 2130 g/mol. The number of rotatable bonds is 21. The summed E-state index contributed by atoms with van der Waals surface area (Å²) in [5.74, 6) is 0.328. The molecule has 14 aromatic rings. The summed E-state index contributed by atoms with van der Waals surface area (Å²) in [4.78, 5) is 87.1. The molecule has 0 spiro atoms. The predicted molar refractivity (Wildman–Crippen MR) is 585 cm³/mol. The number of benzene rings is 14. The second-order valence-electron chi connectivity index (χ2n) is 33.6. The van der Waals surface area contributed by atoms with Crippen LogP contribution in [0.4, 0.5) is 59.9 Å². The van der Waals surface area contributed by atoms with Crippen LogP contribution in [0.15, 0.2) is 345 Å². The maximum atomic E-state index is 13.7. The molecule has 0 saturated carbocycles. The van der Waals surface area contributed by atoms with Gasteiger partial charge >= 0.3 is 18.1 Å². The Labute approximate surface area is 878 Å². The lowest BCUT2D eigenvalue weighted by molar-refractivity contribution is 0.0368. The first-order chi connectivity index (χ1) is 67.4. The fourth-order valence-electron chi connectivity index (χ4n) is 16.5. The van der Waals surface area contributed by atoms with Gasteiger partial charge in [-0.1, -0.05) is 283 Å². The van der Waals surface area contributed by atoms with Gasteiger partial charge in [0.25, 0.3) is 0 Å². The Bertz CT molecular complexity index is 6200. The van der Waals surface area contributed by atoms with Crippen molar-refractivity contribution in [3.05, 3.63) is 446 Å². The normalized spacial score (nSPS) is 17.6. The summed E-state index contributed by atoms with van der Waals surface area (Å²) >= 11 is 56.6. The van der Waals surface area contributed by atoms with Crippen molar-refractivity contribution in [1.82, 2.24) is 0 Å². The summed E-state index contributed by atoms with van der Waals surface area (Å²) in [6, 6.07) is 99.5. The smallest absolute Gasteiger partial charge is 0.332 e. The number of nitrogens with two attached hydrogens (primary N) is 1. The molecule has 3 aliphatic rings. The van der Waals surface area contributed by atoms with Crippen LogP contribution in [0.3, 0.4) is 0 Å². The van der Waals surface area contributed by atoms with Gasteiger partial charge in [-0.15, -0.1) is 0 Å². The van der Waals surface area contributed by atoms with Crippen molar-refractivity contribution in [1.29, 1.82) is 0 Å². The number of halogens is 10. The third-order valence-corrected chi connectivity index (χ3v) is 27.0. The van der Waals surface area contributed by atoms with Crippen LogP contribution in [-0.4, -0.2) is 74.0 Å². The fourth-order valence-corrected chi connectivity index (χ4v) is 17.9.